The van der Waals surface area contributed by atoms with Gasteiger partial charge in [0.2, 0.25) is 0 Å². The van der Waals surface area contributed by atoms with Gasteiger partial charge in [-0.15, -0.1) is 0 Å². The van der Waals surface area contributed by atoms with Crippen molar-refractivity contribution in [3.63, 3.8) is 0 Å². The third-order valence-corrected chi connectivity index (χ3v) is 4.51. The quantitative estimate of drug-likeness (QED) is 0.940. The van der Waals surface area contributed by atoms with Gasteiger partial charge in [-0.05, 0) is 24.9 Å². The Morgan fingerprint density at radius 3 is 2.68 bits per heavy atom. The summed E-state index contributed by atoms with van der Waals surface area (Å²) in [7, 11) is 0. The largest absolute Gasteiger partial charge is 0.296 e. The van der Waals surface area contributed by atoms with Crippen LogP contribution in [0.3, 0.4) is 0 Å². The third-order valence-electron chi connectivity index (χ3n) is 4.51. The van der Waals surface area contributed by atoms with Crippen LogP contribution in [0.5, 0.6) is 0 Å². The van der Waals surface area contributed by atoms with Gasteiger partial charge < -0.3 is 0 Å². The minimum Gasteiger partial charge on any atom is -0.296 e. The van der Waals surface area contributed by atoms with Crippen LogP contribution in [0.2, 0.25) is 0 Å². The Hall–Kier alpha value is -1.68. The first kappa shape index (κ1) is 15.2. The van der Waals surface area contributed by atoms with Crippen molar-refractivity contribution in [1.29, 1.82) is 0 Å². The molecule has 1 aromatic carbocycles. The van der Waals surface area contributed by atoms with Gasteiger partial charge in [0.05, 0.1) is 11.4 Å². The van der Waals surface area contributed by atoms with E-state index < -0.39 is 0 Å². The highest BCUT2D eigenvalue weighted by molar-refractivity contribution is 5.21. The predicted molar refractivity (Wildman–Crippen MR) is 88.8 cm³/mol. The zero-order chi connectivity index (χ0) is 15.6. The molecule has 3 rings (SSSR count). The fourth-order valence-electron chi connectivity index (χ4n) is 3.42. The second kappa shape index (κ2) is 6.21. The number of likely N-dealkylation sites (tertiary alicyclic amines) is 1. The highest BCUT2D eigenvalue weighted by Crippen LogP contribution is 2.32. The number of nitrogens with one attached hydrogen (secondary N) is 1. The van der Waals surface area contributed by atoms with Crippen molar-refractivity contribution < 1.29 is 0 Å². The fraction of sp³-hybridized carbons (Fsp3) is 0.556. The monoisotopic (exact) mass is 298 g/mol. The van der Waals surface area contributed by atoms with E-state index in [0.717, 1.165) is 24.4 Å². The Labute approximate surface area is 132 Å². The van der Waals surface area contributed by atoms with Gasteiger partial charge in [0.15, 0.2) is 0 Å². The molecular formula is C18H26N4. The van der Waals surface area contributed by atoms with Crippen LogP contribution in [-0.4, -0.2) is 33.4 Å². The first-order valence-corrected chi connectivity index (χ1v) is 8.25. The van der Waals surface area contributed by atoms with Gasteiger partial charge in [-0.3, -0.25) is 4.90 Å². The van der Waals surface area contributed by atoms with Gasteiger partial charge in [0.25, 0.3) is 0 Å². The van der Waals surface area contributed by atoms with Crippen molar-refractivity contribution in [3.8, 4) is 0 Å². The summed E-state index contributed by atoms with van der Waals surface area (Å²) >= 11 is 0. The zero-order valence-corrected chi connectivity index (χ0v) is 13.8. The van der Waals surface area contributed by atoms with E-state index in [-0.39, 0.29) is 5.41 Å². The standard InChI is InChI=1S/C18H26N4/c1-18(2,3)17-15(19-21-20-17)11-13-22-12-7-10-16(22)14-8-5-4-6-9-14/h4-6,8-9,16H,7,10-13H2,1-3H3,(H,19,20,21)/t16-/m0/s1. The summed E-state index contributed by atoms with van der Waals surface area (Å²) in [6.07, 6.45) is 3.51. The van der Waals surface area contributed by atoms with E-state index in [2.05, 4.69) is 71.4 Å². The highest BCUT2D eigenvalue weighted by Gasteiger charge is 2.27. The topological polar surface area (TPSA) is 44.8 Å². The van der Waals surface area contributed by atoms with Crippen LogP contribution in [0.15, 0.2) is 30.3 Å². The maximum absolute atomic E-state index is 4.38. The van der Waals surface area contributed by atoms with Crippen LogP contribution in [0, 0.1) is 0 Å². The Bertz CT molecular complexity index is 597. The molecule has 1 aliphatic rings. The number of hydrogen-bond acceptors (Lipinski definition) is 3. The molecule has 0 radical (unpaired) electrons. The van der Waals surface area contributed by atoms with E-state index in [0.29, 0.717) is 6.04 Å². The summed E-state index contributed by atoms with van der Waals surface area (Å²) in [5.41, 5.74) is 3.71. The van der Waals surface area contributed by atoms with E-state index in [9.17, 15) is 0 Å². The van der Waals surface area contributed by atoms with Crippen molar-refractivity contribution in [2.24, 2.45) is 0 Å². The van der Waals surface area contributed by atoms with Crippen LogP contribution in [0.4, 0.5) is 0 Å². The van der Waals surface area contributed by atoms with Gasteiger partial charge >= 0.3 is 0 Å². The van der Waals surface area contributed by atoms with Gasteiger partial charge in [0, 0.05) is 24.4 Å². The Balaban J connectivity index is 1.68. The number of benzene rings is 1. The first-order chi connectivity index (χ1) is 10.6. The van der Waals surface area contributed by atoms with Crippen LogP contribution in [0.25, 0.3) is 0 Å². The van der Waals surface area contributed by atoms with Crippen molar-refractivity contribution in [2.75, 3.05) is 13.1 Å². The molecule has 1 saturated heterocycles. The Morgan fingerprint density at radius 2 is 1.95 bits per heavy atom. The maximum Gasteiger partial charge on any atom is 0.0910 e. The van der Waals surface area contributed by atoms with Gasteiger partial charge in [-0.25, -0.2) is 0 Å². The molecule has 118 valence electrons. The highest BCUT2D eigenvalue weighted by atomic mass is 15.3. The lowest BCUT2D eigenvalue weighted by molar-refractivity contribution is 0.259. The van der Waals surface area contributed by atoms with Crippen molar-refractivity contribution in [1.82, 2.24) is 20.3 Å². The lowest BCUT2D eigenvalue weighted by Crippen LogP contribution is -2.26. The number of aromatic nitrogens is 3. The van der Waals surface area contributed by atoms with Gasteiger partial charge in [-0.2, -0.15) is 15.4 Å². The minimum absolute atomic E-state index is 0.0478. The molecule has 0 bridgehead atoms. The molecule has 0 saturated carbocycles. The summed E-state index contributed by atoms with van der Waals surface area (Å²) < 4.78 is 0. The summed E-state index contributed by atoms with van der Waals surface area (Å²) in [4.78, 5) is 2.59. The average Bonchev–Trinajstić information content (AvgIpc) is 3.14. The van der Waals surface area contributed by atoms with Gasteiger partial charge in [0.1, 0.15) is 0 Å². The normalized spacial score (nSPS) is 19.7. The first-order valence-electron chi connectivity index (χ1n) is 8.25. The van der Waals surface area contributed by atoms with E-state index in [1.54, 1.807) is 0 Å². The molecule has 4 nitrogen and oxygen atoms in total. The van der Waals surface area contributed by atoms with Crippen molar-refractivity contribution in [2.45, 2.75) is 51.5 Å². The maximum atomic E-state index is 4.38. The molecule has 1 atom stereocenters. The van der Waals surface area contributed by atoms with E-state index >= 15 is 0 Å². The van der Waals surface area contributed by atoms with E-state index in [1.807, 2.05) is 0 Å². The summed E-state index contributed by atoms with van der Waals surface area (Å²) in [5, 5.41) is 11.5. The molecule has 0 spiro atoms. The second-order valence-corrected chi connectivity index (χ2v) is 7.22. The van der Waals surface area contributed by atoms with Gasteiger partial charge in [-0.1, -0.05) is 51.1 Å². The SMILES string of the molecule is CC(C)(C)c1n[nH]nc1CCN1CCC[C@H]1c1ccccc1. The van der Waals surface area contributed by atoms with E-state index in [4.69, 9.17) is 0 Å². The van der Waals surface area contributed by atoms with Crippen LogP contribution in [-0.2, 0) is 11.8 Å². The molecule has 1 aromatic heterocycles. The molecule has 0 amide bonds. The fourth-order valence-corrected chi connectivity index (χ4v) is 3.42. The van der Waals surface area contributed by atoms with Crippen LogP contribution < -0.4 is 0 Å². The molecule has 22 heavy (non-hydrogen) atoms. The van der Waals surface area contributed by atoms with Crippen molar-refractivity contribution >= 4 is 0 Å². The smallest absolute Gasteiger partial charge is 0.0910 e. The molecule has 2 aromatic rings. The molecule has 0 aliphatic carbocycles. The molecule has 0 unspecified atom stereocenters. The lowest BCUT2D eigenvalue weighted by Gasteiger charge is -2.25. The lowest BCUT2D eigenvalue weighted by atomic mass is 9.90. The van der Waals surface area contributed by atoms with E-state index in [1.165, 1.54) is 24.9 Å². The molecule has 1 fully saturated rings. The molecule has 2 heterocycles. The molecule has 1 N–H and O–H groups in total. The number of nitrogens with zero attached hydrogens (tertiary/aromatic N) is 3. The number of hydrogen-bond donors (Lipinski definition) is 1. The summed E-state index contributed by atoms with van der Waals surface area (Å²) in [6.45, 7) is 8.81. The number of aromatic amines is 1. The average molecular weight is 298 g/mol. The van der Waals surface area contributed by atoms with Crippen molar-refractivity contribution in [3.05, 3.63) is 47.3 Å². The number of rotatable bonds is 4. The Morgan fingerprint density at radius 1 is 1.18 bits per heavy atom. The molecular weight excluding hydrogens is 272 g/mol. The summed E-state index contributed by atoms with van der Waals surface area (Å²) in [5.74, 6) is 0. The summed E-state index contributed by atoms with van der Waals surface area (Å²) in [6, 6.07) is 11.4. The second-order valence-electron chi connectivity index (χ2n) is 7.22. The minimum atomic E-state index is 0.0478. The van der Waals surface area contributed by atoms with Crippen LogP contribution >= 0.6 is 0 Å². The predicted octanol–water partition coefficient (Wildman–Crippen LogP) is 3.48. The molecule has 1 aliphatic heterocycles. The van der Waals surface area contributed by atoms with Crippen LogP contribution in [0.1, 0.15) is 56.6 Å². The Kier molecular flexibility index (Phi) is 4.30. The molecule has 4 heteroatoms. The third kappa shape index (κ3) is 3.22. The number of H-pyrrole nitrogens is 1. The zero-order valence-electron chi connectivity index (χ0n) is 13.8.